The van der Waals surface area contributed by atoms with Crippen LogP contribution in [0, 0.1) is 16.7 Å². The molecule has 3 heteroatoms. The number of hydrogen-bond donors (Lipinski definition) is 1. The Morgan fingerprint density at radius 3 is 2.04 bits per heavy atom. The number of nitrogens with one attached hydrogen (secondary N) is 1. The molecule has 4 fully saturated rings. The second-order valence-corrected chi connectivity index (χ2v) is 10.1. The number of carbonyl (C=O) groups excluding carboxylic acids is 1. The summed E-state index contributed by atoms with van der Waals surface area (Å²) in [5.74, 6) is 0.870. The third-order valence-corrected chi connectivity index (χ3v) is 6.79. The quantitative estimate of drug-likeness (QED) is 0.625. The molecule has 0 saturated heterocycles. The molecule has 4 saturated carbocycles. The van der Waals surface area contributed by atoms with Gasteiger partial charge in [0.25, 0.3) is 5.91 Å². The smallest absolute Gasteiger partial charge is 0.251 e. The SMILES string of the molecule is CC(=S)c1ccc(C(=O)NC23CC4CC(C)(CC(C)(C4)C2)C3)cc1. The zero-order valence-corrected chi connectivity index (χ0v) is 15.8. The zero-order chi connectivity index (χ0) is 17.2. The highest BCUT2D eigenvalue weighted by atomic mass is 32.1. The minimum Gasteiger partial charge on any atom is -0.347 e. The molecule has 0 radical (unpaired) electrons. The van der Waals surface area contributed by atoms with Gasteiger partial charge in [-0.3, -0.25) is 4.79 Å². The fourth-order valence-corrected chi connectivity index (χ4v) is 6.89. The first-order valence-electron chi connectivity index (χ1n) is 9.14. The van der Waals surface area contributed by atoms with Crippen molar-refractivity contribution in [3.05, 3.63) is 35.4 Å². The van der Waals surface area contributed by atoms with Gasteiger partial charge in [0, 0.05) is 16.0 Å². The molecule has 24 heavy (non-hydrogen) atoms. The van der Waals surface area contributed by atoms with Gasteiger partial charge in [0.05, 0.1) is 0 Å². The maximum absolute atomic E-state index is 12.9. The fourth-order valence-electron chi connectivity index (χ4n) is 6.76. The van der Waals surface area contributed by atoms with Crippen LogP contribution in [-0.4, -0.2) is 16.3 Å². The zero-order valence-electron chi connectivity index (χ0n) is 14.9. The second-order valence-electron chi connectivity index (χ2n) is 9.50. The molecule has 128 valence electrons. The van der Waals surface area contributed by atoms with Crippen LogP contribution >= 0.6 is 12.2 Å². The summed E-state index contributed by atoms with van der Waals surface area (Å²) in [5, 5.41) is 3.47. The van der Waals surface area contributed by atoms with Gasteiger partial charge in [-0.15, -0.1) is 0 Å². The summed E-state index contributed by atoms with van der Waals surface area (Å²) >= 11 is 5.20. The molecule has 0 heterocycles. The topological polar surface area (TPSA) is 29.1 Å². The average Bonchev–Trinajstić information content (AvgIpc) is 2.42. The van der Waals surface area contributed by atoms with Crippen molar-refractivity contribution in [2.75, 3.05) is 0 Å². The van der Waals surface area contributed by atoms with Gasteiger partial charge in [0.1, 0.15) is 0 Å². The van der Waals surface area contributed by atoms with Gasteiger partial charge >= 0.3 is 0 Å². The van der Waals surface area contributed by atoms with Crippen LogP contribution in [0.3, 0.4) is 0 Å². The Kier molecular flexibility index (Phi) is 3.48. The van der Waals surface area contributed by atoms with Crippen LogP contribution in [0.4, 0.5) is 0 Å². The molecule has 0 spiro atoms. The highest BCUT2D eigenvalue weighted by Crippen LogP contribution is 2.66. The van der Waals surface area contributed by atoms with E-state index >= 15 is 0 Å². The predicted molar refractivity (Wildman–Crippen MR) is 101 cm³/mol. The summed E-state index contributed by atoms with van der Waals surface area (Å²) in [6.45, 7) is 6.79. The molecule has 4 aliphatic carbocycles. The van der Waals surface area contributed by atoms with Gasteiger partial charge in [-0.05, 0) is 79.9 Å². The second kappa shape index (κ2) is 5.14. The van der Waals surface area contributed by atoms with E-state index < -0.39 is 0 Å². The lowest BCUT2D eigenvalue weighted by atomic mass is 9.43. The average molecular weight is 342 g/mol. The van der Waals surface area contributed by atoms with E-state index in [0.717, 1.165) is 34.8 Å². The van der Waals surface area contributed by atoms with Gasteiger partial charge in [-0.2, -0.15) is 0 Å². The van der Waals surface area contributed by atoms with Crippen LogP contribution in [-0.2, 0) is 0 Å². The lowest BCUT2D eigenvalue weighted by molar-refractivity contribution is -0.114. The van der Waals surface area contributed by atoms with Crippen molar-refractivity contribution >= 4 is 23.0 Å². The highest BCUT2D eigenvalue weighted by Gasteiger charge is 2.60. The van der Waals surface area contributed by atoms with E-state index in [2.05, 4.69) is 19.2 Å². The fraction of sp³-hybridized carbons (Fsp3) is 0.619. The molecule has 0 aliphatic heterocycles. The molecule has 4 bridgehead atoms. The summed E-state index contributed by atoms with van der Waals surface area (Å²) in [5.41, 5.74) is 2.62. The van der Waals surface area contributed by atoms with Crippen molar-refractivity contribution in [2.45, 2.75) is 64.8 Å². The third kappa shape index (κ3) is 2.71. The molecule has 1 amide bonds. The van der Waals surface area contributed by atoms with E-state index in [1.165, 1.54) is 25.7 Å². The molecular weight excluding hydrogens is 314 g/mol. The van der Waals surface area contributed by atoms with Crippen LogP contribution in [0.25, 0.3) is 0 Å². The maximum atomic E-state index is 12.9. The normalized spacial score (nSPS) is 39.7. The van der Waals surface area contributed by atoms with Gasteiger partial charge < -0.3 is 5.32 Å². The first-order valence-corrected chi connectivity index (χ1v) is 9.54. The van der Waals surface area contributed by atoms with Crippen molar-refractivity contribution in [3.8, 4) is 0 Å². The maximum Gasteiger partial charge on any atom is 0.251 e. The van der Waals surface area contributed by atoms with Crippen LogP contribution in [0.15, 0.2) is 24.3 Å². The van der Waals surface area contributed by atoms with Gasteiger partial charge in [-0.25, -0.2) is 0 Å². The number of rotatable bonds is 3. The highest BCUT2D eigenvalue weighted by molar-refractivity contribution is 7.80. The van der Waals surface area contributed by atoms with Gasteiger partial charge in [0.15, 0.2) is 0 Å². The number of benzene rings is 1. The summed E-state index contributed by atoms with van der Waals surface area (Å²) < 4.78 is 0. The summed E-state index contributed by atoms with van der Waals surface area (Å²) in [7, 11) is 0. The number of hydrogen-bond acceptors (Lipinski definition) is 2. The minimum absolute atomic E-state index is 0.0126. The van der Waals surface area contributed by atoms with E-state index in [0.29, 0.717) is 10.8 Å². The van der Waals surface area contributed by atoms with E-state index in [1.54, 1.807) is 0 Å². The van der Waals surface area contributed by atoms with Crippen LogP contribution < -0.4 is 5.32 Å². The Bertz CT molecular complexity index is 689. The molecule has 2 atom stereocenters. The van der Waals surface area contributed by atoms with E-state index in [1.807, 2.05) is 31.2 Å². The van der Waals surface area contributed by atoms with E-state index in [-0.39, 0.29) is 11.4 Å². The van der Waals surface area contributed by atoms with Crippen LogP contribution in [0.1, 0.15) is 75.2 Å². The monoisotopic (exact) mass is 341 g/mol. The van der Waals surface area contributed by atoms with Crippen LogP contribution in [0.5, 0.6) is 0 Å². The third-order valence-electron chi connectivity index (χ3n) is 6.56. The van der Waals surface area contributed by atoms with Crippen molar-refractivity contribution in [3.63, 3.8) is 0 Å². The minimum atomic E-state index is 0.0126. The molecular formula is C21H27NOS. The largest absolute Gasteiger partial charge is 0.347 e. The molecule has 1 aromatic rings. The number of carbonyl (C=O) groups is 1. The van der Waals surface area contributed by atoms with E-state index in [9.17, 15) is 4.79 Å². The molecule has 2 nitrogen and oxygen atoms in total. The summed E-state index contributed by atoms with van der Waals surface area (Å²) in [6.07, 6.45) is 7.49. The number of amides is 1. The standard InChI is InChI=1S/C21H27NOS/c1-14(24)16-4-6-17(7-5-16)18(23)22-21-10-15-8-19(2,12-21)11-20(3,9-15)13-21/h4-7,15H,8-13H2,1-3H3,(H,22,23). The van der Waals surface area contributed by atoms with Gasteiger partial charge in [0.2, 0.25) is 0 Å². The first-order chi connectivity index (χ1) is 11.2. The van der Waals surface area contributed by atoms with Crippen molar-refractivity contribution < 1.29 is 4.79 Å². The Morgan fingerprint density at radius 2 is 1.54 bits per heavy atom. The molecule has 1 N–H and O–H groups in total. The Labute approximate surface area is 150 Å². The molecule has 1 aromatic carbocycles. The van der Waals surface area contributed by atoms with E-state index in [4.69, 9.17) is 12.2 Å². The lowest BCUT2D eigenvalue weighted by Crippen LogP contribution is -2.65. The molecule has 4 aliphatic rings. The molecule has 0 aromatic heterocycles. The van der Waals surface area contributed by atoms with Crippen LogP contribution in [0.2, 0.25) is 0 Å². The van der Waals surface area contributed by atoms with Crippen molar-refractivity contribution in [2.24, 2.45) is 16.7 Å². The van der Waals surface area contributed by atoms with Gasteiger partial charge in [-0.1, -0.05) is 38.2 Å². The predicted octanol–water partition coefficient (Wildman–Crippen LogP) is 4.90. The number of thiocarbonyl (C=S) groups is 1. The van der Waals surface area contributed by atoms with Crippen molar-refractivity contribution in [1.82, 2.24) is 5.32 Å². The summed E-state index contributed by atoms with van der Waals surface area (Å²) in [6, 6.07) is 7.73. The van der Waals surface area contributed by atoms with Crippen molar-refractivity contribution in [1.29, 1.82) is 0 Å². The Balaban J connectivity index is 1.56. The first kappa shape index (κ1) is 16.3. The lowest BCUT2D eigenvalue weighted by Gasteiger charge is -2.65. The molecule has 5 rings (SSSR count). The summed E-state index contributed by atoms with van der Waals surface area (Å²) in [4.78, 5) is 13.7. The Hall–Kier alpha value is -1.22. The Morgan fingerprint density at radius 1 is 1.00 bits per heavy atom. The molecule has 2 unspecified atom stereocenters.